The first-order chi connectivity index (χ1) is 14.3. The first kappa shape index (κ1) is 20.5. The number of halogens is 4. The molecule has 0 saturated carbocycles. The molecule has 30 heavy (non-hydrogen) atoms. The molecule has 0 aliphatic carbocycles. The van der Waals surface area contributed by atoms with Gasteiger partial charge in [0, 0.05) is 12.1 Å². The molecule has 4 nitrogen and oxygen atoms in total. The minimum Gasteiger partial charge on any atom is -0.320 e. The second kappa shape index (κ2) is 8.18. The largest absolute Gasteiger partial charge is 0.449 e. The fourth-order valence-electron chi connectivity index (χ4n) is 3.99. The zero-order valence-corrected chi connectivity index (χ0v) is 16.2. The SMILES string of the molecule is O=C(CN1CCC(Cn2c(C(F)(F)F)nc3ccccc32)CC1)c1ccc(F)cc1. The van der Waals surface area contributed by atoms with Crippen molar-refractivity contribution >= 4 is 16.8 Å². The number of rotatable bonds is 5. The van der Waals surface area contributed by atoms with E-state index in [1.165, 1.54) is 28.8 Å². The number of aromatic nitrogens is 2. The van der Waals surface area contributed by atoms with Gasteiger partial charge in [-0.1, -0.05) is 12.1 Å². The molecule has 0 amide bonds. The lowest BCUT2D eigenvalue weighted by molar-refractivity contribution is -0.147. The van der Waals surface area contributed by atoms with Crippen LogP contribution in [0.2, 0.25) is 0 Å². The number of nitrogens with zero attached hydrogens (tertiary/aromatic N) is 3. The molecule has 1 aliphatic rings. The Kier molecular flexibility index (Phi) is 5.60. The van der Waals surface area contributed by atoms with Crippen LogP contribution in [0.4, 0.5) is 17.6 Å². The van der Waals surface area contributed by atoms with Crippen LogP contribution in [0.1, 0.15) is 29.0 Å². The maximum absolute atomic E-state index is 13.5. The van der Waals surface area contributed by atoms with Crippen LogP contribution in [-0.4, -0.2) is 39.9 Å². The van der Waals surface area contributed by atoms with Gasteiger partial charge in [0.05, 0.1) is 17.6 Å². The Labute approximate surface area is 171 Å². The number of carbonyl (C=O) groups excluding carboxylic acids is 1. The van der Waals surface area contributed by atoms with Crippen molar-refractivity contribution in [2.45, 2.75) is 25.6 Å². The van der Waals surface area contributed by atoms with Gasteiger partial charge in [-0.15, -0.1) is 0 Å². The van der Waals surface area contributed by atoms with Crippen LogP contribution in [0.25, 0.3) is 11.0 Å². The fourth-order valence-corrected chi connectivity index (χ4v) is 3.99. The van der Waals surface area contributed by atoms with E-state index in [0.717, 1.165) is 0 Å². The Morgan fingerprint density at radius 3 is 2.37 bits per heavy atom. The van der Waals surface area contributed by atoms with Crippen LogP contribution < -0.4 is 0 Å². The standard InChI is InChI=1S/C22H21F4N3O/c23-17-7-5-16(6-8-17)20(30)14-28-11-9-15(10-12-28)13-29-19-4-2-1-3-18(19)27-21(29)22(24,25)26/h1-8,15H,9-14H2. The highest BCUT2D eigenvalue weighted by atomic mass is 19.4. The van der Waals surface area contributed by atoms with E-state index < -0.39 is 17.8 Å². The van der Waals surface area contributed by atoms with Crippen LogP contribution >= 0.6 is 0 Å². The number of hydrogen-bond acceptors (Lipinski definition) is 3. The van der Waals surface area contributed by atoms with Crippen LogP contribution in [0, 0.1) is 11.7 Å². The molecular weight excluding hydrogens is 398 g/mol. The first-order valence-corrected chi connectivity index (χ1v) is 9.85. The molecule has 0 unspecified atom stereocenters. The summed E-state index contributed by atoms with van der Waals surface area (Å²) in [6.07, 6.45) is -3.12. The number of para-hydroxylation sites is 2. The number of Topliss-reactive ketones (excluding diaryl/α,β-unsaturated/α-hetero) is 1. The van der Waals surface area contributed by atoms with Gasteiger partial charge >= 0.3 is 6.18 Å². The lowest BCUT2D eigenvalue weighted by Gasteiger charge is -2.32. The Bertz CT molecular complexity index is 1030. The molecule has 0 radical (unpaired) electrons. The quantitative estimate of drug-likeness (QED) is 0.441. The van der Waals surface area contributed by atoms with Crippen molar-refractivity contribution in [2.75, 3.05) is 19.6 Å². The molecule has 2 aromatic carbocycles. The minimum atomic E-state index is -4.51. The van der Waals surface area contributed by atoms with Crippen molar-refractivity contribution in [2.24, 2.45) is 5.92 Å². The smallest absolute Gasteiger partial charge is 0.320 e. The van der Waals surface area contributed by atoms with E-state index in [4.69, 9.17) is 0 Å². The van der Waals surface area contributed by atoms with Gasteiger partial charge in [-0.3, -0.25) is 9.69 Å². The highest BCUT2D eigenvalue weighted by molar-refractivity contribution is 5.97. The summed E-state index contributed by atoms with van der Waals surface area (Å²) >= 11 is 0. The van der Waals surface area contributed by atoms with Gasteiger partial charge in [-0.05, 0) is 68.2 Å². The number of benzene rings is 2. The van der Waals surface area contributed by atoms with E-state index >= 15 is 0 Å². The number of likely N-dealkylation sites (tertiary alicyclic amines) is 1. The molecule has 1 aliphatic heterocycles. The highest BCUT2D eigenvalue weighted by Gasteiger charge is 2.38. The highest BCUT2D eigenvalue weighted by Crippen LogP contribution is 2.33. The number of fused-ring (bicyclic) bond motifs is 1. The molecule has 4 rings (SSSR count). The van der Waals surface area contributed by atoms with E-state index in [1.54, 1.807) is 24.3 Å². The predicted molar refractivity (Wildman–Crippen MR) is 105 cm³/mol. The van der Waals surface area contributed by atoms with Crippen LogP contribution in [-0.2, 0) is 12.7 Å². The van der Waals surface area contributed by atoms with Gasteiger partial charge in [0.1, 0.15) is 5.82 Å². The lowest BCUT2D eigenvalue weighted by Crippen LogP contribution is -2.38. The Hall–Kier alpha value is -2.74. The van der Waals surface area contributed by atoms with Crippen LogP contribution in [0.3, 0.4) is 0 Å². The molecule has 2 heterocycles. The van der Waals surface area contributed by atoms with Crippen LogP contribution in [0.5, 0.6) is 0 Å². The summed E-state index contributed by atoms with van der Waals surface area (Å²) < 4.78 is 54.7. The Balaban J connectivity index is 1.41. The second-order valence-electron chi connectivity index (χ2n) is 7.68. The summed E-state index contributed by atoms with van der Waals surface area (Å²) in [6.45, 7) is 1.73. The topological polar surface area (TPSA) is 38.1 Å². The summed E-state index contributed by atoms with van der Waals surface area (Å²) in [5, 5.41) is 0. The third kappa shape index (κ3) is 4.38. The van der Waals surface area contributed by atoms with Crippen molar-refractivity contribution in [1.29, 1.82) is 0 Å². The van der Waals surface area contributed by atoms with Crippen molar-refractivity contribution in [3.05, 3.63) is 65.7 Å². The van der Waals surface area contributed by atoms with Crippen molar-refractivity contribution in [1.82, 2.24) is 14.5 Å². The summed E-state index contributed by atoms with van der Waals surface area (Å²) in [4.78, 5) is 18.2. The monoisotopic (exact) mass is 419 g/mol. The minimum absolute atomic E-state index is 0.0703. The Morgan fingerprint density at radius 1 is 1.03 bits per heavy atom. The molecule has 8 heteroatoms. The van der Waals surface area contributed by atoms with E-state index in [2.05, 4.69) is 4.98 Å². The third-order valence-corrected chi connectivity index (χ3v) is 5.59. The number of carbonyl (C=O) groups is 1. The molecule has 0 atom stereocenters. The second-order valence-corrected chi connectivity index (χ2v) is 7.68. The summed E-state index contributed by atoms with van der Waals surface area (Å²) in [5.74, 6) is -1.27. The van der Waals surface area contributed by atoms with Gasteiger partial charge in [-0.25, -0.2) is 9.37 Å². The molecular formula is C22H21F4N3O. The van der Waals surface area contributed by atoms with Crippen molar-refractivity contribution < 1.29 is 22.4 Å². The molecule has 0 N–H and O–H groups in total. The number of ketones is 1. The number of piperidine rings is 1. The van der Waals surface area contributed by atoms with E-state index in [0.29, 0.717) is 42.5 Å². The average Bonchev–Trinajstić information content (AvgIpc) is 3.09. The summed E-state index contributed by atoms with van der Waals surface area (Å²) in [5.41, 5.74) is 1.28. The summed E-state index contributed by atoms with van der Waals surface area (Å²) in [6, 6.07) is 12.1. The van der Waals surface area contributed by atoms with Gasteiger partial charge in [0.25, 0.3) is 0 Å². The van der Waals surface area contributed by atoms with Gasteiger partial charge < -0.3 is 4.57 Å². The van der Waals surface area contributed by atoms with Gasteiger partial charge in [0.2, 0.25) is 5.82 Å². The maximum Gasteiger partial charge on any atom is 0.449 e. The average molecular weight is 419 g/mol. The zero-order chi connectivity index (χ0) is 21.3. The number of hydrogen-bond donors (Lipinski definition) is 0. The van der Waals surface area contributed by atoms with E-state index in [-0.39, 0.29) is 24.8 Å². The van der Waals surface area contributed by atoms with Crippen LogP contribution in [0.15, 0.2) is 48.5 Å². The lowest BCUT2D eigenvalue weighted by atomic mass is 9.96. The molecule has 1 saturated heterocycles. The fraction of sp³-hybridized carbons (Fsp3) is 0.364. The Morgan fingerprint density at radius 2 is 1.70 bits per heavy atom. The summed E-state index contributed by atoms with van der Waals surface area (Å²) in [7, 11) is 0. The van der Waals surface area contributed by atoms with E-state index in [9.17, 15) is 22.4 Å². The molecule has 0 bridgehead atoms. The molecule has 1 fully saturated rings. The van der Waals surface area contributed by atoms with Gasteiger partial charge in [-0.2, -0.15) is 13.2 Å². The number of alkyl halides is 3. The maximum atomic E-state index is 13.5. The first-order valence-electron chi connectivity index (χ1n) is 9.85. The third-order valence-electron chi connectivity index (χ3n) is 5.59. The molecule has 0 spiro atoms. The molecule has 1 aromatic heterocycles. The van der Waals surface area contributed by atoms with Crippen molar-refractivity contribution in [3.8, 4) is 0 Å². The van der Waals surface area contributed by atoms with E-state index in [1.807, 2.05) is 4.90 Å². The molecule has 3 aromatic rings. The van der Waals surface area contributed by atoms with Crippen molar-refractivity contribution in [3.63, 3.8) is 0 Å². The van der Waals surface area contributed by atoms with Gasteiger partial charge in [0.15, 0.2) is 5.78 Å². The normalized spacial score (nSPS) is 16.3. The zero-order valence-electron chi connectivity index (χ0n) is 16.2. The predicted octanol–water partition coefficient (Wildman–Crippen LogP) is 4.79. The molecule has 158 valence electrons. The number of imidazole rings is 1.